The second-order valence-electron chi connectivity index (χ2n) is 7.42. The SMILES string of the molecule is CN1CCC(c2ccccc2)(c2cc(CCOCCC=O)ccc2O)CC1. The molecule has 0 aliphatic carbocycles. The van der Waals surface area contributed by atoms with Gasteiger partial charge in [-0.2, -0.15) is 0 Å². The fourth-order valence-electron chi connectivity index (χ4n) is 4.02. The lowest BCUT2D eigenvalue weighted by Gasteiger charge is -2.42. The van der Waals surface area contributed by atoms with Gasteiger partial charge in [-0.1, -0.05) is 42.5 Å². The molecule has 1 saturated heterocycles. The van der Waals surface area contributed by atoms with Crippen molar-refractivity contribution in [3.63, 3.8) is 0 Å². The highest BCUT2D eigenvalue weighted by Crippen LogP contribution is 2.45. The van der Waals surface area contributed by atoms with Crippen molar-refractivity contribution in [3.05, 3.63) is 65.2 Å². The number of nitrogens with zero attached hydrogens (tertiary/aromatic N) is 1. The van der Waals surface area contributed by atoms with E-state index >= 15 is 0 Å². The lowest BCUT2D eigenvalue weighted by Crippen LogP contribution is -2.41. The predicted octanol–water partition coefficient (Wildman–Crippen LogP) is 3.55. The molecule has 0 spiro atoms. The maximum atomic E-state index is 10.7. The topological polar surface area (TPSA) is 49.8 Å². The van der Waals surface area contributed by atoms with E-state index in [1.54, 1.807) is 0 Å². The van der Waals surface area contributed by atoms with Crippen LogP contribution in [-0.4, -0.2) is 49.6 Å². The molecular formula is C23H29NO3. The summed E-state index contributed by atoms with van der Waals surface area (Å²) in [5.41, 5.74) is 3.29. The summed E-state index contributed by atoms with van der Waals surface area (Å²) in [5, 5.41) is 10.7. The molecule has 0 radical (unpaired) electrons. The standard InChI is InChI=1S/C23H29NO3/c1-24-13-11-23(12-14-24,20-6-3-2-4-7-20)21-18-19(8-9-22(21)26)10-17-27-16-5-15-25/h2-4,6-9,15,18,26H,5,10-14,16-17H2,1H3. The van der Waals surface area contributed by atoms with Crippen molar-refractivity contribution in [2.45, 2.75) is 31.1 Å². The van der Waals surface area contributed by atoms with Crippen molar-refractivity contribution in [1.82, 2.24) is 4.90 Å². The number of carbonyl (C=O) groups excluding carboxylic acids is 1. The lowest BCUT2D eigenvalue weighted by molar-refractivity contribution is -0.108. The summed E-state index contributed by atoms with van der Waals surface area (Å²) < 4.78 is 5.52. The van der Waals surface area contributed by atoms with Crippen molar-refractivity contribution in [2.24, 2.45) is 0 Å². The molecule has 0 atom stereocenters. The summed E-state index contributed by atoms with van der Waals surface area (Å²) in [4.78, 5) is 12.7. The number of ether oxygens (including phenoxy) is 1. The predicted molar refractivity (Wildman–Crippen MR) is 107 cm³/mol. The Morgan fingerprint density at radius 3 is 2.56 bits per heavy atom. The third-order valence-electron chi connectivity index (χ3n) is 5.66. The van der Waals surface area contributed by atoms with Crippen molar-refractivity contribution in [2.75, 3.05) is 33.4 Å². The van der Waals surface area contributed by atoms with Crippen molar-refractivity contribution in [1.29, 1.82) is 0 Å². The van der Waals surface area contributed by atoms with E-state index in [1.807, 2.05) is 18.2 Å². The minimum absolute atomic E-state index is 0.160. The summed E-state index contributed by atoms with van der Waals surface area (Å²) in [5.74, 6) is 0.369. The second kappa shape index (κ2) is 9.16. The van der Waals surface area contributed by atoms with Crippen LogP contribution in [0.1, 0.15) is 36.0 Å². The van der Waals surface area contributed by atoms with E-state index in [9.17, 15) is 9.90 Å². The number of phenols is 1. The zero-order valence-electron chi connectivity index (χ0n) is 16.1. The Balaban J connectivity index is 1.88. The molecule has 1 heterocycles. The molecule has 144 valence electrons. The molecule has 0 unspecified atom stereocenters. The summed E-state index contributed by atoms with van der Waals surface area (Å²) >= 11 is 0. The number of benzene rings is 2. The fraction of sp³-hybridized carbons (Fsp3) is 0.435. The highest BCUT2D eigenvalue weighted by molar-refractivity contribution is 5.49. The van der Waals surface area contributed by atoms with Crippen molar-refractivity contribution < 1.29 is 14.6 Å². The number of likely N-dealkylation sites (tertiary alicyclic amines) is 1. The van der Waals surface area contributed by atoms with Crippen molar-refractivity contribution in [3.8, 4) is 5.75 Å². The van der Waals surface area contributed by atoms with Gasteiger partial charge in [-0.15, -0.1) is 0 Å². The van der Waals surface area contributed by atoms with Crippen LogP contribution in [0.3, 0.4) is 0 Å². The van der Waals surface area contributed by atoms with Crippen LogP contribution in [0, 0.1) is 0 Å². The number of aldehydes is 1. The molecular weight excluding hydrogens is 338 g/mol. The van der Waals surface area contributed by atoms with Gasteiger partial charge in [0.2, 0.25) is 0 Å². The lowest BCUT2D eigenvalue weighted by atomic mass is 9.67. The smallest absolute Gasteiger partial charge is 0.122 e. The minimum Gasteiger partial charge on any atom is -0.508 e. The number of phenolic OH excluding ortho intramolecular Hbond substituents is 1. The molecule has 1 N–H and O–H groups in total. The van der Waals surface area contributed by atoms with Gasteiger partial charge in [0.25, 0.3) is 0 Å². The van der Waals surface area contributed by atoms with Crippen LogP contribution in [-0.2, 0) is 21.4 Å². The molecule has 1 fully saturated rings. The monoisotopic (exact) mass is 367 g/mol. The molecule has 4 heteroatoms. The number of hydrogen-bond acceptors (Lipinski definition) is 4. The molecule has 0 saturated carbocycles. The van der Waals surface area contributed by atoms with Gasteiger partial charge in [0.05, 0.1) is 13.2 Å². The Labute approximate surface area is 161 Å². The molecule has 4 nitrogen and oxygen atoms in total. The third kappa shape index (κ3) is 4.57. The van der Waals surface area contributed by atoms with Gasteiger partial charge in [-0.25, -0.2) is 0 Å². The highest BCUT2D eigenvalue weighted by atomic mass is 16.5. The Hall–Kier alpha value is -2.17. The zero-order valence-corrected chi connectivity index (χ0v) is 16.1. The third-order valence-corrected chi connectivity index (χ3v) is 5.66. The van der Waals surface area contributed by atoms with Gasteiger partial charge in [-0.05, 0) is 56.6 Å². The van der Waals surface area contributed by atoms with Gasteiger partial charge < -0.3 is 19.5 Å². The van der Waals surface area contributed by atoms with Crippen LogP contribution in [0.4, 0.5) is 0 Å². The van der Waals surface area contributed by atoms with Crippen LogP contribution < -0.4 is 0 Å². The van der Waals surface area contributed by atoms with E-state index in [4.69, 9.17) is 4.74 Å². The van der Waals surface area contributed by atoms with E-state index < -0.39 is 0 Å². The molecule has 27 heavy (non-hydrogen) atoms. The van der Waals surface area contributed by atoms with Crippen LogP contribution in [0.15, 0.2) is 48.5 Å². The first-order valence-corrected chi connectivity index (χ1v) is 9.73. The Kier molecular flexibility index (Phi) is 6.64. The molecule has 0 bridgehead atoms. The van der Waals surface area contributed by atoms with Crippen molar-refractivity contribution >= 4 is 6.29 Å². The summed E-state index contributed by atoms with van der Waals surface area (Å²) in [7, 11) is 2.15. The maximum absolute atomic E-state index is 10.7. The van der Waals surface area contributed by atoms with Crippen LogP contribution in [0.2, 0.25) is 0 Å². The van der Waals surface area contributed by atoms with Gasteiger partial charge in [0, 0.05) is 17.4 Å². The summed E-state index contributed by atoms with van der Waals surface area (Å²) in [6.07, 6.45) is 4.06. The van der Waals surface area contributed by atoms with Crippen LogP contribution in [0.25, 0.3) is 0 Å². The Morgan fingerprint density at radius 2 is 1.85 bits per heavy atom. The molecule has 0 aromatic heterocycles. The Bertz CT molecular complexity index is 737. The maximum Gasteiger partial charge on any atom is 0.122 e. The van der Waals surface area contributed by atoms with E-state index in [1.165, 1.54) is 5.56 Å². The number of aromatic hydroxyl groups is 1. The Morgan fingerprint density at radius 1 is 1.11 bits per heavy atom. The first-order chi connectivity index (χ1) is 13.2. The molecule has 1 aliphatic rings. The van der Waals surface area contributed by atoms with Gasteiger partial charge in [0.15, 0.2) is 0 Å². The number of carbonyl (C=O) groups is 1. The normalized spacial score (nSPS) is 16.9. The number of piperidine rings is 1. The number of rotatable bonds is 8. The molecule has 2 aromatic carbocycles. The average molecular weight is 367 g/mol. The first-order valence-electron chi connectivity index (χ1n) is 9.73. The minimum atomic E-state index is -0.160. The van der Waals surface area contributed by atoms with Gasteiger partial charge >= 0.3 is 0 Å². The van der Waals surface area contributed by atoms with E-state index in [2.05, 4.69) is 42.3 Å². The van der Waals surface area contributed by atoms with E-state index in [0.29, 0.717) is 25.4 Å². The second-order valence-corrected chi connectivity index (χ2v) is 7.42. The van der Waals surface area contributed by atoms with Crippen LogP contribution >= 0.6 is 0 Å². The summed E-state index contributed by atoms with van der Waals surface area (Å²) in [6.45, 7) is 3.06. The molecule has 0 amide bonds. The molecule has 1 aliphatic heterocycles. The van der Waals surface area contributed by atoms with Crippen LogP contribution in [0.5, 0.6) is 5.75 Å². The molecule has 3 rings (SSSR count). The molecule has 2 aromatic rings. The quantitative estimate of drug-likeness (QED) is 0.573. The van der Waals surface area contributed by atoms with E-state index in [-0.39, 0.29) is 5.41 Å². The number of hydrogen-bond donors (Lipinski definition) is 1. The largest absolute Gasteiger partial charge is 0.508 e. The highest BCUT2D eigenvalue weighted by Gasteiger charge is 2.39. The average Bonchev–Trinajstić information content (AvgIpc) is 2.71. The first kappa shape index (κ1) is 19.6. The zero-order chi connectivity index (χ0) is 19.1. The van der Waals surface area contributed by atoms with Gasteiger partial charge in [-0.3, -0.25) is 0 Å². The van der Waals surface area contributed by atoms with E-state index in [0.717, 1.165) is 49.8 Å². The van der Waals surface area contributed by atoms with Gasteiger partial charge in [0.1, 0.15) is 12.0 Å². The summed E-state index contributed by atoms with van der Waals surface area (Å²) in [6, 6.07) is 16.5. The fourth-order valence-corrected chi connectivity index (χ4v) is 4.02.